The molecule has 1 aromatic rings. The summed E-state index contributed by atoms with van der Waals surface area (Å²) >= 11 is 3.68. The van der Waals surface area contributed by atoms with Crippen LogP contribution in [0.4, 0.5) is 0 Å². The molecule has 0 amide bonds. The van der Waals surface area contributed by atoms with Gasteiger partial charge in [0.05, 0.1) is 10.9 Å². The molecule has 0 aliphatic rings. The number of alkyl halides is 1. The summed E-state index contributed by atoms with van der Waals surface area (Å²) in [6, 6.07) is 10.3. The molecule has 0 fully saturated rings. The van der Waals surface area contributed by atoms with Crippen LogP contribution in [0.3, 0.4) is 0 Å². The molecular weight excluding hydrogens is 288 g/mol. The van der Waals surface area contributed by atoms with Gasteiger partial charge in [-0.2, -0.15) is 0 Å². The lowest BCUT2D eigenvalue weighted by molar-refractivity contribution is 0.501. The first kappa shape index (κ1) is 15.2. The third-order valence-corrected chi connectivity index (χ3v) is 2.69. The molecule has 1 aromatic carbocycles. The maximum Gasteiger partial charge on any atom is 0.113 e. The first-order valence-electron chi connectivity index (χ1n) is 6.24. The minimum Gasteiger partial charge on any atom is -0.368 e. The Hall–Kier alpha value is -0.830. The number of amidine groups is 1. The van der Waals surface area contributed by atoms with Crippen LogP contribution in [-0.2, 0) is 6.54 Å². The highest BCUT2D eigenvalue weighted by Gasteiger charge is 2.24. The van der Waals surface area contributed by atoms with Crippen LogP contribution in [0.1, 0.15) is 40.2 Å². The standard InChI is InChI=1S/C15H23BrN2/c1-14(2,3)18-13(15(4,5)16)17-11-12-9-7-6-8-10-12/h6-10H,11H2,1-5H3,(H,17,18). The second-order valence-electron chi connectivity index (χ2n) is 6.00. The summed E-state index contributed by atoms with van der Waals surface area (Å²) < 4.78 is -0.144. The van der Waals surface area contributed by atoms with E-state index in [1.54, 1.807) is 0 Å². The van der Waals surface area contributed by atoms with Gasteiger partial charge in [-0.3, -0.25) is 4.99 Å². The van der Waals surface area contributed by atoms with Gasteiger partial charge in [-0.05, 0) is 40.2 Å². The van der Waals surface area contributed by atoms with Crippen LogP contribution >= 0.6 is 15.9 Å². The summed E-state index contributed by atoms with van der Waals surface area (Å²) in [5.41, 5.74) is 1.24. The van der Waals surface area contributed by atoms with Crippen molar-refractivity contribution in [1.29, 1.82) is 0 Å². The van der Waals surface area contributed by atoms with Crippen LogP contribution in [0, 0.1) is 0 Å². The van der Waals surface area contributed by atoms with Crippen molar-refractivity contribution < 1.29 is 0 Å². The monoisotopic (exact) mass is 310 g/mol. The lowest BCUT2D eigenvalue weighted by Gasteiger charge is -2.29. The summed E-state index contributed by atoms with van der Waals surface area (Å²) in [4.78, 5) is 4.71. The van der Waals surface area contributed by atoms with Gasteiger partial charge in [-0.25, -0.2) is 0 Å². The quantitative estimate of drug-likeness (QED) is 0.506. The SMILES string of the molecule is CC(C)(C)NC(=NCc1ccccc1)C(C)(C)Br. The number of rotatable bonds is 3. The second kappa shape index (κ2) is 5.87. The van der Waals surface area contributed by atoms with Gasteiger partial charge >= 0.3 is 0 Å². The number of benzene rings is 1. The molecule has 1 N–H and O–H groups in total. The topological polar surface area (TPSA) is 24.4 Å². The molecule has 0 saturated heterocycles. The molecule has 0 bridgehead atoms. The van der Waals surface area contributed by atoms with Crippen molar-refractivity contribution >= 4 is 21.8 Å². The van der Waals surface area contributed by atoms with Crippen molar-refractivity contribution in [1.82, 2.24) is 5.32 Å². The van der Waals surface area contributed by atoms with Gasteiger partial charge in [0.15, 0.2) is 0 Å². The first-order chi connectivity index (χ1) is 8.18. The maximum absolute atomic E-state index is 4.71. The van der Waals surface area contributed by atoms with Gasteiger partial charge in [0, 0.05) is 5.54 Å². The van der Waals surface area contributed by atoms with Crippen LogP contribution in [0.15, 0.2) is 35.3 Å². The summed E-state index contributed by atoms with van der Waals surface area (Å²) in [7, 11) is 0. The maximum atomic E-state index is 4.71. The predicted molar refractivity (Wildman–Crippen MR) is 83.5 cm³/mol. The molecular formula is C15H23BrN2. The van der Waals surface area contributed by atoms with Crippen LogP contribution in [0.5, 0.6) is 0 Å². The number of nitrogens with zero attached hydrogens (tertiary/aromatic N) is 1. The highest BCUT2D eigenvalue weighted by molar-refractivity contribution is 9.10. The van der Waals surface area contributed by atoms with E-state index in [2.05, 4.69) is 68.0 Å². The van der Waals surface area contributed by atoms with Crippen molar-refractivity contribution in [3.8, 4) is 0 Å². The molecule has 0 aromatic heterocycles. The van der Waals surface area contributed by atoms with E-state index in [0.29, 0.717) is 6.54 Å². The average molecular weight is 311 g/mol. The molecule has 0 spiro atoms. The van der Waals surface area contributed by atoms with Crippen molar-refractivity contribution in [2.75, 3.05) is 0 Å². The zero-order valence-electron chi connectivity index (χ0n) is 11.9. The average Bonchev–Trinajstić information content (AvgIpc) is 2.22. The van der Waals surface area contributed by atoms with E-state index in [-0.39, 0.29) is 9.86 Å². The Balaban J connectivity index is 2.84. The van der Waals surface area contributed by atoms with Gasteiger partial charge in [-0.1, -0.05) is 46.3 Å². The molecule has 0 saturated carbocycles. The summed E-state index contributed by atoms with van der Waals surface area (Å²) in [6.45, 7) is 11.3. The minimum absolute atomic E-state index is 0.0144. The second-order valence-corrected chi connectivity index (χ2v) is 7.98. The van der Waals surface area contributed by atoms with Crippen LogP contribution in [-0.4, -0.2) is 15.7 Å². The Morgan fingerprint density at radius 3 is 2.11 bits per heavy atom. The van der Waals surface area contributed by atoms with Crippen molar-refractivity contribution in [3.63, 3.8) is 0 Å². The number of halogens is 1. The van der Waals surface area contributed by atoms with Gasteiger partial charge in [0.2, 0.25) is 0 Å². The van der Waals surface area contributed by atoms with E-state index < -0.39 is 0 Å². The number of aliphatic imine (C=N–C) groups is 1. The Kier molecular flexibility index (Phi) is 4.97. The van der Waals surface area contributed by atoms with E-state index in [4.69, 9.17) is 4.99 Å². The molecule has 18 heavy (non-hydrogen) atoms. The smallest absolute Gasteiger partial charge is 0.113 e. The fourth-order valence-corrected chi connectivity index (χ4v) is 1.71. The number of hydrogen-bond donors (Lipinski definition) is 1. The molecule has 0 heterocycles. The fraction of sp³-hybridized carbons (Fsp3) is 0.533. The molecule has 0 aliphatic heterocycles. The normalized spacial score (nSPS) is 13.6. The molecule has 0 atom stereocenters. The summed E-state index contributed by atoms with van der Waals surface area (Å²) in [5.74, 6) is 0.985. The van der Waals surface area contributed by atoms with E-state index in [1.165, 1.54) is 5.56 Å². The van der Waals surface area contributed by atoms with Crippen LogP contribution in [0.25, 0.3) is 0 Å². The van der Waals surface area contributed by atoms with Gasteiger partial charge in [-0.15, -0.1) is 0 Å². The Morgan fingerprint density at radius 1 is 1.11 bits per heavy atom. The van der Waals surface area contributed by atoms with Crippen molar-refractivity contribution in [2.24, 2.45) is 4.99 Å². The molecule has 0 unspecified atom stereocenters. The van der Waals surface area contributed by atoms with E-state index >= 15 is 0 Å². The Bertz CT molecular complexity index is 397. The Morgan fingerprint density at radius 2 is 1.67 bits per heavy atom. The van der Waals surface area contributed by atoms with Gasteiger partial charge in [0.1, 0.15) is 5.84 Å². The van der Waals surface area contributed by atoms with E-state index in [1.807, 2.05) is 18.2 Å². The summed E-state index contributed by atoms with van der Waals surface area (Å²) in [5, 5.41) is 3.47. The molecule has 3 heteroatoms. The molecule has 0 radical (unpaired) electrons. The lowest BCUT2D eigenvalue weighted by atomic mass is 10.1. The van der Waals surface area contributed by atoms with Gasteiger partial charge in [0.25, 0.3) is 0 Å². The van der Waals surface area contributed by atoms with E-state index in [9.17, 15) is 0 Å². The summed E-state index contributed by atoms with van der Waals surface area (Å²) in [6.07, 6.45) is 0. The zero-order chi connectivity index (χ0) is 13.8. The highest BCUT2D eigenvalue weighted by atomic mass is 79.9. The third-order valence-electron chi connectivity index (χ3n) is 2.32. The molecule has 1 rings (SSSR count). The number of nitrogens with one attached hydrogen (secondary N) is 1. The highest BCUT2D eigenvalue weighted by Crippen LogP contribution is 2.19. The van der Waals surface area contributed by atoms with Crippen molar-refractivity contribution in [3.05, 3.63) is 35.9 Å². The molecule has 2 nitrogen and oxygen atoms in total. The number of hydrogen-bond acceptors (Lipinski definition) is 1. The lowest BCUT2D eigenvalue weighted by Crippen LogP contribution is -2.48. The zero-order valence-corrected chi connectivity index (χ0v) is 13.5. The molecule has 0 aliphatic carbocycles. The fourth-order valence-electron chi connectivity index (χ4n) is 1.49. The minimum atomic E-state index is -0.144. The Labute approximate surface area is 119 Å². The third kappa shape index (κ3) is 5.67. The molecule has 100 valence electrons. The van der Waals surface area contributed by atoms with E-state index in [0.717, 1.165) is 5.84 Å². The van der Waals surface area contributed by atoms with Crippen LogP contribution < -0.4 is 5.32 Å². The van der Waals surface area contributed by atoms with Crippen LogP contribution in [0.2, 0.25) is 0 Å². The largest absolute Gasteiger partial charge is 0.368 e. The van der Waals surface area contributed by atoms with Gasteiger partial charge < -0.3 is 5.32 Å². The van der Waals surface area contributed by atoms with Crippen molar-refractivity contribution in [2.45, 2.75) is 51.0 Å². The first-order valence-corrected chi connectivity index (χ1v) is 7.04. The predicted octanol–water partition coefficient (Wildman–Crippen LogP) is 4.15.